The maximum absolute atomic E-state index is 12.1. The third kappa shape index (κ3) is 3.31. The van der Waals surface area contributed by atoms with Gasteiger partial charge in [-0.05, 0) is 12.8 Å². The molecule has 0 aromatic carbocycles. The number of imidazole rings is 1. The van der Waals surface area contributed by atoms with Crippen molar-refractivity contribution in [3.63, 3.8) is 0 Å². The van der Waals surface area contributed by atoms with Gasteiger partial charge in [-0.25, -0.2) is 9.97 Å². The van der Waals surface area contributed by atoms with Crippen LogP contribution in [0, 0.1) is 0 Å². The number of amides is 1. The molecular formula is C17H23N5O2. The van der Waals surface area contributed by atoms with E-state index in [9.17, 15) is 4.79 Å². The number of piperidine rings is 1. The van der Waals surface area contributed by atoms with E-state index in [4.69, 9.17) is 4.74 Å². The van der Waals surface area contributed by atoms with Gasteiger partial charge in [0.15, 0.2) is 5.82 Å². The van der Waals surface area contributed by atoms with E-state index in [1.165, 1.54) is 0 Å². The van der Waals surface area contributed by atoms with Gasteiger partial charge < -0.3 is 9.64 Å². The fraction of sp³-hybridized carbons (Fsp3) is 0.529. The molecule has 1 aliphatic heterocycles. The van der Waals surface area contributed by atoms with Gasteiger partial charge >= 0.3 is 0 Å². The predicted molar refractivity (Wildman–Crippen MR) is 89.0 cm³/mol. The summed E-state index contributed by atoms with van der Waals surface area (Å²) in [6, 6.07) is 0. The highest BCUT2D eigenvalue weighted by atomic mass is 16.5. The molecule has 0 aliphatic carbocycles. The molecule has 0 saturated carbocycles. The van der Waals surface area contributed by atoms with Gasteiger partial charge in [-0.15, -0.1) is 0 Å². The van der Waals surface area contributed by atoms with Gasteiger partial charge in [0.25, 0.3) is 0 Å². The Morgan fingerprint density at radius 3 is 2.92 bits per heavy atom. The molecular weight excluding hydrogens is 306 g/mol. The van der Waals surface area contributed by atoms with E-state index in [0.29, 0.717) is 6.54 Å². The average molecular weight is 329 g/mol. The van der Waals surface area contributed by atoms with E-state index in [1.807, 2.05) is 15.7 Å². The molecule has 7 heteroatoms. The zero-order valence-electron chi connectivity index (χ0n) is 14.2. The van der Waals surface area contributed by atoms with Crippen LogP contribution in [0.3, 0.4) is 0 Å². The smallest absolute Gasteiger partial charge is 0.248 e. The first-order chi connectivity index (χ1) is 11.7. The molecule has 1 aliphatic rings. The first kappa shape index (κ1) is 16.6. The molecule has 1 fully saturated rings. The maximum Gasteiger partial charge on any atom is 0.248 e. The predicted octanol–water partition coefficient (Wildman–Crippen LogP) is 1.58. The summed E-state index contributed by atoms with van der Waals surface area (Å²) in [5.74, 6) is 1.98. The number of methoxy groups -OCH3 is 1. The van der Waals surface area contributed by atoms with Crippen molar-refractivity contribution in [3.05, 3.63) is 36.3 Å². The van der Waals surface area contributed by atoms with Crippen molar-refractivity contribution < 1.29 is 9.53 Å². The van der Waals surface area contributed by atoms with Crippen LogP contribution in [-0.4, -0.2) is 57.1 Å². The van der Waals surface area contributed by atoms with E-state index in [2.05, 4.69) is 21.9 Å². The number of hydrogen-bond acceptors (Lipinski definition) is 5. The van der Waals surface area contributed by atoms with Crippen molar-refractivity contribution >= 4 is 5.91 Å². The molecule has 2 aromatic heterocycles. The van der Waals surface area contributed by atoms with Gasteiger partial charge in [0.05, 0.1) is 5.69 Å². The Bertz CT molecular complexity index is 700. The number of carbonyl (C=O) groups is 1. The molecule has 0 bridgehead atoms. The van der Waals surface area contributed by atoms with Crippen molar-refractivity contribution in [1.29, 1.82) is 0 Å². The second-order valence-corrected chi connectivity index (χ2v) is 5.94. The zero-order chi connectivity index (χ0) is 16.9. The highest BCUT2D eigenvalue weighted by Gasteiger charge is 2.28. The minimum absolute atomic E-state index is 0.0320. The molecule has 0 unspecified atom stereocenters. The lowest BCUT2D eigenvalue weighted by Gasteiger charge is -2.33. The monoisotopic (exact) mass is 329 g/mol. The molecule has 0 spiro atoms. The molecule has 1 atom stereocenters. The Hall–Kier alpha value is -2.28. The van der Waals surface area contributed by atoms with E-state index in [-0.39, 0.29) is 18.4 Å². The van der Waals surface area contributed by atoms with Gasteiger partial charge in [-0.2, -0.15) is 0 Å². The lowest BCUT2D eigenvalue weighted by atomic mass is 9.94. The summed E-state index contributed by atoms with van der Waals surface area (Å²) in [6.07, 6.45) is 9.91. The fourth-order valence-electron chi connectivity index (χ4n) is 3.25. The molecule has 3 rings (SSSR count). The molecule has 0 N–H and O–H groups in total. The SMILES string of the molecule is CCc1nccn1-c1nccnc1[C@@H]1CCCN(C(=O)COC)C1. The number of carbonyl (C=O) groups excluding carboxylic acids is 1. The first-order valence-electron chi connectivity index (χ1n) is 8.34. The average Bonchev–Trinajstić information content (AvgIpc) is 3.10. The molecule has 24 heavy (non-hydrogen) atoms. The molecule has 1 saturated heterocycles. The van der Waals surface area contributed by atoms with E-state index < -0.39 is 0 Å². The molecule has 128 valence electrons. The van der Waals surface area contributed by atoms with Crippen molar-refractivity contribution in [3.8, 4) is 5.82 Å². The molecule has 1 amide bonds. The number of hydrogen-bond donors (Lipinski definition) is 0. The molecule has 3 heterocycles. The summed E-state index contributed by atoms with van der Waals surface area (Å²) in [5, 5.41) is 0. The number of aryl methyl sites for hydroxylation is 1. The van der Waals surface area contributed by atoms with Crippen LogP contribution in [0.2, 0.25) is 0 Å². The van der Waals surface area contributed by atoms with E-state index in [1.54, 1.807) is 25.7 Å². The van der Waals surface area contributed by atoms with Gasteiger partial charge in [0.1, 0.15) is 12.4 Å². The molecule has 0 radical (unpaired) electrons. The summed E-state index contributed by atoms with van der Waals surface area (Å²) in [5.41, 5.74) is 0.931. The van der Waals surface area contributed by atoms with Crippen molar-refractivity contribution in [2.24, 2.45) is 0 Å². The van der Waals surface area contributed by atoms with E-state index >= 15 is 0 Å². The highest BCUT2D eigenvalue weighted by Crippen LogP contribution is 2.29. The normalized spacial score (nSPS) is 17.9. The third-order valence-corrected chi connectivity index (χ3v) is 4.40. The highest BCUT2D eigenvalue weighted by molar-refractivity contribution is 5.77. The largest absolute Gasteiger partial charge is 0.375 e. The van der Waals surface area contributed by atoms with Crippen molar-refractivity contribution in [1.82, 2.24) is 24.4 Å². The Balaban J connectivity index is 1.88. The summed E-state index contributed by atoms with van der Waals surface area (Å²) in [6.45, 7) is 3.63. The number of nitrogens with zero attached hydrogens (tertiary/aromatic N) is 5. The van der Waals surface area contributed by atoms with Gasteiger partial charge in [-0.3, -0.25) is 14.3 Å². The van der Waals surface area contributed by atoms with Gasteiger partial charge in [-0.1, -0.05) is 6.92 Å². The summed E-state index contributed by atoms with van der Waals surface area (Å²) >= 11 is 0. The third-order valence-electron chi connectivity index (χ3n) is 4.40. The Morgan fingerprint density at radius 2 is 2.12 bits per heavy atom. The topological polar surface area (TPSA) is 73.1 Å². The van der Waals surface area contributed by atoms with Crippen molar-refractivity contribution in [2.45, 2.75) is 32.1 Å². The summed E-state index contributed by atoms with van der Waals surface area (Å²) in [7, 11) is 1.55. The Kier molecular flexibility index (Phi) is 5.20. The Labute approximate surface area is 141 Å². The second kappa shape index (κ2) is 7.53. The van der Waals surface area contributed by atoms with Crippen LogP contribution in [0.5, 0.6) is 0 Å². The van der Waals surface area contributed by atoms with Crippen molar-refractivity contribution in [2.75, 3.05) is 26.8 Å². The lowest BCUT2D eigenvalue weighted by molar-refractivity contribution is -0.136. The van der Waals surface area contributed by atoms with Gasteiger partial charge in [0, 0.05) is 57.3 Å². The van der Waals surface area contributed by atoms with Crippen LogP contribution < -0.4 is 0 Å². The minimum Gasteiger partial charge on any atom is -0.375 e. The molecule has 7 nitrogen and oxygen atoms in total. The lowest BCUT2D eigenvalue weighted by Crippen LogP contribution is -2.41. The minimum atomic E-state index is 0.0320. The zero-order valence-corrected chi connectivity index (χ0v) is 14.2. The number of likely N-dealkylation sites (tertiary alicyclic amines) is 1. The van der Waals surface area contributed by atoms with Crippen LogP contribution in [0.15, 0.2) is 24.8 Å². The number of rotatable bonds is 5. The number of aromatic nitrogens is 4. The number of ether oxygens (including phenoxy) is 1. The summed E-state index contributed by atoms with van der Waals surface area (Å²) < 4.78 is 6.98. The second-order valence-electron chi connectivity index (χ2n) is 5.94. The van der Waals surface area contributed by atoms with Crippen LogP contribution in [-0.2, 0) is 16.0 Å². The van der Waals surface area contributed by atoms with E-state index in [0.717, 1.165) is 43.1 Å². The molecule has 2 aromatic rings. The maximum atomic E-state index is 12.1. The quantitative estimate of drug-likeness (QED) is 0.833. The fourth-order valence-corrected chi connectivity index (χ4v) is 3.25. The Morgan fingerprint density at radius 1 is 1.29 bits per heavy atom. The van der Waals surface area contributed by atoms with Gasteiger partial charge in [0.2, 0.25) is 5.91 Å². The van der Waals surface area contributed by atoms with Crippen LogP contribution in [0.1, 0.15) is 37.2 Å². The summed E-state index contributed by atoms with van der Waals surface area (Å²) in [4.78, 5) is 27.5. The van der Waals surface area contributed by atoms with Crippen LogP contribution >= 0.6 is 0 Å². The van der Waals surface area contributed by atoms with Crippen LogP contribution in [0.4, 0.5) is 0 Å². The standard InChI is InChI=1S/C17H23N5O2/c1-3-14-18-8-10-22(14)17-16(19-6-7-20-17)13-5-4-9-21(11-13)15(23)12-24-2/h6-8,10,13H,3-5,9,11-12H2,1-2H3/t13-/m1/s1. The van der Waals surface area contributed by atoms with Crippen LogP contribution in [0.25, 0.3) is 5.82 Å². The first-order valence-corrected chi connectivity index (χ1v) is 8.34.